The summed E-state index contributed by atoms with van der Waals surface area (Å²) in [6.45, 7) is 5.50. The van der Waals surface area contributed by atoms with Gasteiger partial charge in [-0.15, -0.1) is 0 Å². The maximum Gasteiger partial charge on any atom is 0.303 e. The molecular formula is C31H41NO3. The minimum Gasteiger partial charge on any atom is -0.481 e. The fraction of sp³-hybridized carbons (Fsp3) is 0.516. The summed E-state index contributed by atoms with van der Waals surface area (Å²) in [5.41, 5.74) is 3.71. The van der Waals surface area contributed by atoms with Crippen molar-refractivity contribution < 1.29 is 14.6 Å². The molecule has 4 atom stereocenters. The first-order valence-electron chi connectivity index (χ1n) is 13.5. The molecule has 2 aromatic carbocycles. The molecule has 4 nitrogen and oxygen atoms in total. The van der Waals surface area contributed by atoms with Gasteiger partial charge in [-0.1, -0.05) is 80.1 Å². The van der Waals surface area contributed by atoms with Gasteiger partial charge in [0.05, 0.1) is 12.7 Å². The van der Waals surface area contributed by atoms with Crippen LogP contribution in [0, 0.1) is 11.8 Å². The van der Waals surface area contributed by atoms with Crippen molar-refractivity contribution in [2.75, 3.05) is 13.1 Å². The molecule has 2 fully saturated rings. The minimum atomic E-state index is -0.727. The summed E-state index contributed by atoms with van der Waals surface area (Å²) in [5.74, 6) is 0.435. The number of nitrogens with zero attached hydrogens (tertiary/aromatic N) is 1. The molecule has 0 radical (unpaired) electrons. The van der Waals surface area contributed by atoms with Gasteiger partial charge in [0.25, 0.3) is 0 Å². The summed E-state index contributed by atoms with van der Waals surface area (Å²) >= 11 is 0. The van der Waals surface area contributed by atoms with E-state index in [9.17, 15) is 4.79 Å². The summed E-state index contributed by atoms with van der Waals surface area (Å²) in [6, 6.07) is 19.9. The van der Waals surface area contributed by atoms with Crippen molar-refractivity contribution in [1.82, 2.24) is 4.90 Å². The smallest absolute Gasteiger partial charge is 0.303 e. The minimum absolute atomic E-state index is 0.210. The molecule has 4 heteroatoms. The number of ether oxygens (including phenoxy) is 1. The largest absolute Gasteiger partial charge is 0.481 e. The highest BCUT2D eigenvalue weighted by molar-refractivity contribution is 5.66. The number of carboxylic acid groups (broad SMARTS) is 1. The van der Waals surface area contributed by atoms with Gasteiger partial charge in [-0.05, 0) is 74.2 Å². The quantitative estimate of drug-likeness (QED) is 0.357. The molecule has 0 spiro atoms. The lowest BCUT2D eigenvalue weighted by atomic mass is 9.90. The van der Waals surface area contributed by atoms with E-state index in [4.69, 9.17) is 9.84 Å². The summed E-state index contributed by atoms with van der Waals surface area (Å²) in [5, 5.41) is 8.86. The number of benzene rings is 2. The Labute approximate surface area is 211 Å². The van der Waals surface area contributed by atoms with Gasteiger partial charge in [-0.3, -0.25) is 9.69 Å². The lowest BCUT2D eigenvalue weighted by Crippen LogP contribution is -2.45. The van der Waals surface area contributed by atoms with E-state index in [1.165, 1.54) is 49.0 Å². The molecular weight excluding hydrogens is 434 g/mol. The van der Waals surface area contributed by atoms with E-state index in [-0.39, 0.29) is 12.5 Å². The van der Waals surface area contributed by atoms with E-state index < -0.39 is 5.97 Å². The standard InChI is InChI=1S/C31H41NO3/c1-24-22-29(35-23-25-16-18-27(19-17-25)26-12-6-4-7-13-26)28(14-8-2-3-9-15-30(33)34)31(24)32-20-10-5-11-21-32/h2-4,6-7,12-13,16-19,24,28-29,31H,5,8-11,14-15,20-23H2,1H3,(H,33,34)/b3-2-/t24-,28-,29-,31-/m0/s1. The first-order valence-corrected chi connectivity index (χ1v) is 13.5. The molecule has 4 rings (SSSR count). The Morgan fingerprint density at radius 3 is 2.37 bits per heavy atom. The Kier molecular flexibility index (Phi) is 9.56. The number of carboxylic acids is 1. The second kappa shape index (κ2) is 13.0. The van der Waals surface area contributed by atoms with E-state index in [1.807, 2.05) is 12.1 Å². The number of rotatable bonds is 11. The zero-order valence-electron chi connectivity index (χ0n) is 21.1. The van der Waals surface area contributed by atoms with Crippen molar-refractivity contribution >= 4 is 5.97 Å². The molecule has 0 bridgehead atoms. The molecule has 35 heavy (non-hydrogen) atoms. The van der Waals surface area contributed by atoms with Gasteiger partial charge >= 0.3 is 5.97 Å². The van der Waals surface area contributed by atoms with Crippen molar-refractivity contribution in [3.05, 3.63) is 72.3 Å². The van der Waals surface area contributed by atoms with E-state index >= 15 is 0 Å². The Hall–Kier alpha value is -2.43. The third-order valence-electron chi connectivity index (χ3n) is 7.80. The number of allylic oxidation sites excluding steroid dienone is 2. The zero-order chi connectivity index (χ0) is 24.5. The molecule has 2 aromatic rings. The van der Waals surface area contributed by atoms with Crippen LogP contribution < -0.4 is 0 Å². The fourth-order valence-corrected chi connectivity index (χ4v) is 6.08. The number of piperidine rings is 1. The predicted octanol–water partition coefficient (Wildman–Crippen LogP) is 6.95. The van der Waals surface area contributed by atoms with Gasteiger partial charge in [0.1, 0.15) is 0 Å². The molecule has 1 aliphatic heterocycles. The molecule has 1 saturated heterocycles. The highest BCUT2D eigenvalue weighted by Gasteiger charge is 2.44. The molecule has 1 aliphatic carbocycles. The first-order chi connectivity index (χ1) is 17.1. The highest BCUT2D eigenvalue weighted by Crippen LogP contribution is 2.41. The van der Waals surface area contributed by atoms with Crippen LogP contribution in [0.5, 0.6) is 0 Å². The summed E-state index contributed by atoms with van der Waals surface area (Å²) in [6.07, 6.45) is 12.5. The summed E-state index contributed by atoms with van der Waals surface area (Å²) < 4.78 is 6.62. The van der Waals surface area contributed by atoms with Crippen molar-refractivity contribution in [2.24, 2.45) is 11.8 Å². The average Bonchev–Trinajstić information content (AvgIpc) is 3.20. The van der Waals surface area contributed by atoms with Gasteiger partial charge < -0.3 is 9.84 Å². The van der Waals surface area contributed by atoms with Crippen molar-refractivity contribution in [1.29, 1.82) is 0 Å². The third kappa shape index (κ3) is 7.28. The first kappa shape index (κ1) is 25.7. The molecule has 1 heterocycles. The Balaban J connectivity index is 1.37. The third-order valence-corrected chi connectivity index (χ3v) is 7.80. The summed E-state index contributed by atoms with van der Waals surface area (Å²) in [4.78, 5) is 13.5. The predicted molar refractivity (Wildman–Crippen MR) is 142 cm³/mol. The van der Waals surface area contributed by atoms with Gasteiger partial charge in [-0.25, -0.2) is 0 Å². The normalized spacial score (nSPS) is 25.3. The Morgan fingerprint density at radius 2 is 1.66 bits per heavy atom. The maximum atomic E-state index is 10.8. The topological polar surface area (TPSA) is 49.8 Å². The van der Waals surface area contributed by atoms with Crippen LogP contribution >= 0.6 is 0 Å². The lowest BCUT2D eigenvalue weighted by molar-refractivity contribution is -0.136. The number of hydrogen-bond acceptors (Lipinski definition) is 3. The van der Waals surface area contributed by atoms with Crippen LogP contribution in [0.3, 0.4) is 0 Å². The van der Waals surface area contributed by atoms with Crippen LogP contribution in [0.25, 0.3) is 11.1 Å². The van der Waals surface area contributed by atoms with E-state index in [2.05, 4.69) is 66.4 Å². The van der Waals surface area contributed by atoms with Crippen molar-refractivity contribution in [3.8, 4) is 11.1 Å². The van der Waals surface area contributed by atoms with Crippen molar-refractivity contribution in [3.63, 3.8) is 0 Å². The number of carbonyl (C=O) groups is 1. The van der Waals surface area contributed by atoms with Gasteiger partial charge in [-0.2, -0.15) is 0 Å². The second-order valence-corrected chi connectivity index (χ2v) is 10.4. The molecule has 0 amide bonds. The number of likely N-dealkylation sites (tertiary alicyclic amines) is 1. The van der Waals surface area contributed by atoms with Crippen LogP contribution in [0.2, 0.25) is 0 Å². The Bertz CT molecular complexity index is 933. The van der Waals surface area contributed by atoms with E-state index in [0.717, 1.165) is 19.3 Å². The maximum absolute atomic E-state index is 10.8. The SMILES string of the molecule is C[C@H]1C[C@H](OCc2ccc(-c3ccccc3)cc2)[C@H](CC/C=C\CCC(=O)O)[C@H]1N1CCCCC1. The van der Waals surface area contributed by atoms with Crippen LogP contribution in [-0.4, -0.2) is 41.2 Å². The fourth-order valence-electron chi connectivity index (χ4n) is 6.08. The lowest BCUT2D eigenvalue weighted by Gasteiger charge is -2.38. The monoisotopic (exact) mass is 475 g/mol. The molecule has 0 unspecified atom stereocenters. The van der Waals surface area contributed by atoms with Crippen LogP contribution in [0.1, 0.15) is 63.9 Å². The van der Waals surface area contributed by atoms with Crippen LogP contribution in [0.4, 0.5) is 0 Å². The second-order valence-electron chi connectivity index (χ2n) is 10.4. The molecule has 0 aromatic heterocycles. The van der Waals surface area contributed by atoms with Crippen LogP contribution in [0.15, 0.2) is 66.7 Å². The van der Waals surface area contributed by atoms with Gasteiger partial charge in [0.15, 0.2) is 0 Å². The van der Waals surface area contributed by atoms with Gasteiger partial charge in [0.2, 0.25) is 0 Å². The number of hydrogen-bond donors (Lipinski definition) is 1. The number of aliphatic carboxylic acids is 1. The summed E-state index contributed by atoms with van der Waals surface area (Å²) in [7, 11) is 0. The van der Waals surface area contributed by atoms with Gasteiger partial charge in [0, 0.05) is 18.4 Å². The average molecular weight is 476 g/mol. The highest BCUT2D eigenvalue weighted by atomic mass is 16.5. The molecule has 1 N–H and O–H groups in total. The Morgan fingerprint density at radius 1 is 0.971 bits per heavy atom. The molecule has 1 saturated carbocycles. The van der Waals surface area contributed by atoms with E-state index in [1.54, 1.807) is 0 Å². The van der Waals surface area contributed by atoms with Crippen LogP contribution in [-0.2, 0) is 16.1 Å². The van der Waals surface area contributed by atoms with Crippen molar-refractivity contribution in [2.45, 2.75) is 77.0 Å². The zero-order valence-corrected chi connectivity index (χ0v) is 21.1. The van der Waals surface area contributed by atoms with E-state index in [0.29, 0.717) is 30.9 Å². The molecule has 2 aliphatic rings. The molecule has 188 valence electrons.